The van der Waals surface area contributed by atoms with E-state index in [9.17, 15) is 14.4 Å². The molecule has 8 nitrogen and oxygen atoms in total. The zero-order valence-electron chi connectivity index (χ0n) is 14.6. The number of carbonyl (C=O) groups excluding carboxylic acids is 1. The summed E-state index contributed by atoms with van der Waals surface area (Å²) in [6.45, 7) is 1.62. The molecule has 0 spiro atoms. The van der Waals surface area contributed by atoms with Crippen molar-refractivity contribution in [1.82, 2.24) is 14.1 Å². The third kappa shape index (κ3) is 3.21. The molecule has 26 heavy (non-hydrogen) atoms. The van der Waals surface area contributed by atoms with Crippen molar-refractivity contribution in [3.63, 3.8) is 0 Å². The van der Waals surface area contributed by atoms with Gasteiger partial charge in [0, 0.05) is 14.1 Å². The summed E-state index contributed by atoms with van der Waals surface area (Å²) in [5.41, 5.74) is -0.330. The molecule has 3 aromatic rings. The lowest BCUT2D eigenvalue weighted by Crippen LogP contribution is -2.37. The summed E-state index contributed by atoms with van der Waals surface area (Å²) in [5, 5.41) is 2.91. The second kappa shape index (κ2) is 6.83. The molecule has 3 rings (SSSR count). The van der Waals surface area contributed by atoms with Gasteiger partial charge >= 0.3 is 5.69 Å². The maximum Gasteiger partial charge on any atom is 0.332 e. The van der Waals surface area contributed by atoms with E-state index < -0.39 is 17.4 Å². The fourth-order valence-corrected chi connectivity index (χ4v) is 2.53. The van der Waals surface area contributed by atoms with Crippen LogP contribution in [0.4, 0.5) is 5.69 Å². The molecule has 1 unspecified atom stereocenters. The number of nitrogens with one attached hydrogen (secondary N) is 1. The number of hydrogen-bond donors (Lipinski definition) is 1. The molecule has 2 heterocycles. The zero-order valence-corrected chi connectivity index (χ0v) is 14.6. The van der Waals surface area contributed by atoms with Crippen molar-refractivity contribution in [2.24, 2.45) is 14.1 Å². The quantitative estimate of drug-likeness (QED) is 0.755. The second-order valence-corrected chi connectivity index (χ2v) is 5.86. The van der Waals surface area contributed by atoms with Crippen molar-refractivity contribution >= 4 is 22.6 Å². The largest absolute Gasteiger partial charge is 0.481 e. The van der Waals surface area contributed by atoms with Crippen molar-refractivity contribution in [3.05, 3.63) is 63.4 Å². The molecule has 134 valence electrons. The molecule has 0 radical (unpaired) electrons. The number of anilines is 1. The number of aromatic nitrogens is 3. The Morgan fingerprint density at radius 1 is 1.15 bits per heavy atom. The summed E-state index contributed by atoms with van der Waals surface area (Å²) in [6, 6.07) is 10.5. The van der Waals surface area contributed by atoms with Crippen molar-refractivity contribution in [2.75, 3.05) is 5.32 Å². The number of aryl methyl sites for hydroxylation is 1. The summed E-state index contributed by atoms with van der Waals surface area (Å²) in [5.74, 6) is 0.201. The van der Waals surface area contributed by atoms with Crippen molar-refractivity contribution in [2.45, 2.75) is 13.0 Å². The SMILES string of the molecule is CC(Oc1ccccc1)C(=O)Nc1cnc2c(c1)c(=O)n(C)c(=O)n2C. The molecule has 1 amide bonds. The van der Waals surface area contributed by atoms with Gasteiger partial charge in [-0.05, 0) is 25.1 Å². The molecule has 1 N–H and O–H groups in total. The van der Waals surface area contributed by atoms with E-state index in [0.717, 1.165) is 4.57 Å². The van der Waals surface area contributed by atoms with Gasteiger partial charge in [-0.2, -0.15) is 0 Å². The highest BCUT2D eigenvalue weighted by molar-refractivity contribution is 5.95. The van der Waals surface area contributed by atoms with Crippen LogP contribution in [0.5, 0.6) is 5.75 Å². The lowest BCUT2D eigenvalue weighted by molar-refractivity contribution is -0.122. The molecule has 0 saturated heterocycles. The molecular weight excluding hydrogens is 336 g/mol. The Labute approximate surface area is 148 Å². The number of amides is 1. The van der Waals surface area contributed by atoms with Gasteiger partial charge in [-0.15, -0.1) is 0 Å². The van der Waals surface area contributed by atoms with Gasteiger partial charge in [0.2, 0.25) is 0 Å². The Morgan fingerprint density at radius 3 is 2.54 bits per heavy atom. The number of ether oxygens (including phenoxy) is 1. The summed E-state index contributed by atoms with van der Waals surface area (Å²) < 4.78 is 7.85. The van der Waals surface area contributed by atoms with E-state index in [4.69, 9.17) is 4.74 Å². The molecule has 1 atom stereocenters. The molecule has 0 aliphatic carbocycles. The average Bonchev–Trinajstić information content (AvgIpc) is 2.65. The van der Waals surface area contributed by atoms with Crippen LogP contribution in [0, 0.1) is 0 Å². The fourth-order valence-electron chi connectivity index (χ4n) is 2.53. The van der Waals surface area contributed by atoms with Gasteiger partial charge < -0.3 is 10.1 Å². The van der Waals surface area contributed by atoms with Gasteiger partial charge in [0.15, 0.2) is 6.10 Å². The summed E-state index contributed by atoms with van der Waals surface area (Å²) >= 11 is 0. The number of nitrogens with zero attached hydrogens (tertiary/aromatic N) is 3. The molecule has 0 saturated carbocycles. The number of fused-ring (bicyclic) bond motifs is 1. The van der Waals surface area contributed by atoms with Crippen molar-refractivity contribution < 1.29 is 9.53 Å². The number of para-hydroxylation sites is 1. The number of rotatable bonds is 4. The third-order valence-corrected chi connectivity index (χ3v) is 3.99. The highest BCUT2D eigenvalue weighted by Gasteiger charge is 2.16. The lowest BCUT2D eigenvalue weighted by Gasteiger charge is -2.15. The van der Waals surface area contributed by atoms with Crippen LogP contribution in [0.3, 0.4) is 0 Å². The van der Waals surface area contributed by atoms with Gasteiger partial charge in [0.25, 0.3) is 11.5 Å². The lowest BCUT2D eigenvalue weighted by atomic mass is 10.2. The monoisotopic (exact) mass is 354 g/mol. The molecule has 0 aliphatic heterocycles. The molecule has 0 fully saturated rings. The van der Waals surface area contributed by atoms with Crippen LogP contribution in [0.15, 0.2) is 52.2 Å². The first-order valence-corrected chi connectivity index (χ1v) is 7.97. The Hall–Kier alpha value is -3.42. The van der Waals surface area contributed by atoms with Crippen molar-refractivity contribution in [3.8, 4) is 5.75 Å². The number of carbonyl (C=O) groups is 1. The minimum absolute atomic E-state index is 0.240. The van der Waals surface area contributed by atoms with E-state index in [1.807, 2.05) is 18.2 Å². The Kier molecular flexibility index (Phi) is 4.57. The fraction of sp³-hybridized carbons (Fsp3) is 0.222. The van der Waals surface area contributed by atoms with E-state index in [-0.39, 0.29) is 16.9 Å². The summed E-state index contributed by atoms with van der Waals surface area (Å²) in [7, 11) is 2.93. The Morgan fingerprint density at radius 2 is 1.85 bits per heavy atom. The van der Waals surface area contributed by atoms with Gasteiger partial charge in [0.1, 0.15) is 11.4 Å². The molecule has 8 heteroatoms. The van der Waals surface area contributed by atoms with Crippen molar-refractivity contribution in [1.29, 1.82) is 0 Å². The maximum absolute atomic E-state index is 12.3. The molecule has 2 aromatic heterocycles. The van der Waals surface area contributed by atoms with Crippen LogP contribution in [0.25, 0.3) is 11.0 Å². The van der Waals surface area contributed by atoms with E-state index in [0.29, 0.717) is 11.4 Å². The predicted octanol–water partition coefficient (Wildman–Crippen LogP) is 1.04. The average molecular weight is 354 g/mol. The first-order valence-electron chi connectivity index (χ1n) is 7.97. The van der Waals surface area contributed by atoms with Crippen LogP contribution >= 0.6 is 0 Å². The van der Waals surface area contributed by atoms with Gasteiger partial charge in [-0.25, -0.2) is 9.78 Å². The minimum Gasteiger partial charge on any atom is -0.481 e. The second-order valence-electron chi connectivity index (χ2n) is 5.86. The van der Waals surface area contributed by atoms with Gasteiger partial charge in [0.05, 0.1) is 17.3 Å². The third-order valence-electron chi connectivity index (χ3n) is 3.99. The molecule has 0 aliphatic rings. The zero-order chi connectivity index (χ0) is 18.8. The van der Waals surface area contributed by atoms with Crippen LogP contribution in [-0.2, 0) is 18.9 Å². The number of benzene rings is 1. The highest BCUT2D eigenvalue weighted by Crippen LogP contribution is 2.14. The molecular formula is C18H18N4O4. The van der Waals surface area contributed by atoms with E-state index in [1.54, 1.807) is 19.1 Å². The first-order chi connectivity index (χ1) is 12.4. The van der Waals surface area contributed by atoms with E-state index in [1.165, 1.54) is 30.9 Å². The topological polar surface area (TPSA) is 95.2 Å². The standard InChI is InChI=1S/C18H18N4O4/c1-11(26-13-7-5-4-6-8-13)16(23)20-12-9-14-15(19-10-12)21(2)18(25)22(3)17(14)24/h4-11H,1-3H3,(H,20,23). The smallest absolute Gasteiger partial charge is 0.332 e. The van der Waals surface area contributed by atoms with Gasteiger partial charge in [-0.3, -0.25) is 18.7 Å². The molecule has 1 aromatic carbocycles. The Balaban J connectivity index is 1.86. The van der Waals surface area contributed by atoms with E-state index in [2.05, 4.69) is 10.3 Å². The van der Waals surface area contributed by atoms with Crippen LogP contribution in [0.2, 0.25) is 0 Å². The number of hydrogen-bond acceptors (Lipinski definition) is 5. The van der Waals surface area contributed by atoms with E-state index >= 15 is 0 Å². The van der Waals surface area contributed by atoms with Gasteiger partial charge in [-0.1, -0.05) is 18.2 Å². The van der Waals surface area contributed by atoms with Crippen LogP contribution < -0.4 is 21.3 Å². The number of pyridine rings is 1. The predicted molar refractivity (Wildman–Crippen MR) is 97.4 cm³/mol. The minimum atomic E-state index is -0.740. The first kappa shape index (κ1) is 17.4. The molecule has 0 bridgehead atoms. The Bertz CT molecular complexity index is 1090. The summed E-state index contributed by atoms with van der Waals surface area (Å²) in [6.07, 6.45) is 0.657. The highest BCUT2D eigenvalue weighted by atomic mass is 16.5. The van der Waals surface area contributed by atoms with Crippen LogP contribution in [-0.4, -0.2) is 26.1 Å². The maximum atomic E-state index is 12.3. The summed E-state index contributed by atoms with van der Waals surface area (Å²) in [4.78, 5) is 40.7. The van der Waals surface area contributed by atoms with Crippen LogP contribution in [0.1, 0.15) is 6.92 Å². The normalized spacial score (nSPS) is 12.0.